The van der Waals surface area contributed by atoms with Crippen LogP contribution in [0.15, 0.2) is 36.5 Å². The van der Waals surface area contributed by atoms with E-state index in [4.69, 9.17) is 0 Å². The number of likely N-dealkylation sites (tertiary alicyclic amines) is 1. The van der Waals surface area contributed by atoms with E-state index in [1.165, 1.54) is 0 Å². The summed E-state index contributed by atoms with van der Waals surface area (Å²) in [7, 11) is 0. The molecule has 23 heavy (non-hydrogen) atoms. The Hall–Kier alpha value is -2.18. The molecule has 1 aromatic heterocycles. The summed E-state index contributed by atoms with van der Waals surface area (Å²) >= 11 is 0. The number of rotatable bonds is 7. The molecule has 1 amide bonds. The standard InChI is InChI=1S/C17H22N4O2/c22-15(12-21-8-4-7-16(21)23)11-18-9-14-10-19-20-17(14)13-5-2-1-3-6-13/h1-3,5-6,10,15,18,22H,4,7-9,11-12H2,(H,19,20)/t15-/m0/s1. The van der Waals surface area contributed by atoms with E-state index in [1.807, 2.05) is 30.3 Å². The van der Waals surface area contributed by atoms with Gasteiger partial charge in [0.1, 0.15) is 0 Å². The van der Waals surface area contributed by atoms with Gasteiger partial charge >= 0.3 is 0 Å². The smallest absolute Gasteiger partial charge is 0.222 e. The van der Waals surface area contributed by atoms with Crippen molar-refractivity contribution in [1.29, 1.82) is 0 Å². The molecule has 3 N–H and O–H groups in total. The van der Waals surface area contributed by atoms with Crippen LogP contribution in [0.1, 0.15) is 18.4 Å². The van der Waals surface area contributed by atoms with E-state index >= 15 is 0 Å². The highest BCUT2D eigenvalue weighted by Gasteiger charge is 2.22. The molecule has 2 heterocycles. The summed E-state index contributed by atoms with van der Waals surface area (Å²) in [5.74, 6) is 0.144. The highest BCUT2D eigenvalue weighted by atomic mass is 16.3. The van der Waals surface area contributed by atoms with Gasteiger partial charge in [0.15, 0.2) is 0 Å². The topological polar surface area (TPSA) is 81.2 Å². The summed E-state index contributed by atoms with van der Waals surface area (Å²) in [5.41, 5.74) is 3.13. The molecule has 1 atom stereocenters. The van der Waals surface area contributed by atoms with Gasteiger partial charge in [-0.3, -0.25) is 9.89 Å². The number of nitrogens with zero attached hydrogens (tertiary/aromatic N) is 2. The SMILES string of the molecule is O=C1CCCN1C[C@@H](O)CNCc1cn[nH]c1-c1ccccc1. The van der Waals surface area contributed by atoms with Crippen LogP contribution in [-0.4, -0.2) is 51.8 Å². The Morgan fingerprint density at radius 2 is 2.17 bits per heavy atom. The molecule has 122 valence electrons. The molecule has 0 saturated carbocycles. The Bertz CT molecular complexity index is 641. The fraction of sp³-hybridized carbons (Fsp3) is 0.412. The van der Waals surface area contributed by atoms with Gasteiger partial charge in [0.05, 0.1) is 18.0 Å². The van der Waals surface area contributed by atoms with Crippen molar-refractivity contribution in [3.05, 3.63) is 42.1 Å². The van der Waals surface area contributed by atoms with Gasteiger partial charge in [-0.2, -0.15) is 5.10 Å². The van der Waals surface area contributed by atoms with Gasteiger partial charge in [0.2, 0.25) is 5.91 Å². The molecule has 1 saturated heterocycles. The number of benzene rings is 1. The zero-order valence-electron chi connectivity index (χ0n) is 13.0. The minimum atomic E-state index is -0.552. The number of aromatic nitrogens is 2. The number of H-pyrrole nitrogens is 1. The van der Waals surface area contributed by atoms with E-state index in [1.54, 1.807) is 11.1 Å². The molecule has 1 aliphatic heterocycles. The first kappa shape index (κ1) is 15.7. The molecule has 1 aromatic carbocycles. The van der Waals surface area contributed by atoms with Crippen molar-refractivity contribution in [2.75, 3.05) is 19.6 Å². The summed E-state index contributed by atoms with van der Waals surface area (Å²) in [6, 6.07) is 10.0. The molecule has 6 heteroatoms. The Kier molecular flexibility index (Phi) is 5.05. The summed E-state index contributed by atoms with van der Waals surface area (Å²) in [5, 5.41) is 20.4. The predicted octanol–water partition coefficient (Wildman–Crippen LogP) is 1.15. The van der Waals surface area contributed by atoms with Crippen LogP contribution in [0.2, 0.25) is 0 Å². The van der Waals surface area contributed by atoms with Crippen molar-refractivity contribution < 1.29 is 9.90 Å². The lowest BCUT2D eigenvalue weighted by Gasteiger charge is -2.20. The average molecular weight is 314 g/mol. The first-order valence-electron chi connectivity index (χ1n) is 7.98. The lowest BCUT2D eigenvalue weighted by Crippen LogP contribution is -2.38. The first-order chi connectivity index (χ1) is 11.2. The number of β-amino-alcohol motifs (C(OH)–C–C–N with tert-alkyl or cyclic N) is 1. The number of amides is 1. The second kappa shape index (κ2) is 7.39. The maximum absolute atomic E-state index is 11.6. The van der Waals surface area contributed by atoms with Crippen LogP contribution in [0.25, 0.3) is 11.3 Å². The maximum atomic E-state index is 11.6. The first-order valence-corrected chi connectivity index (χ1v) is 7.98. The zero-order valence-corrected chi connectivity index (χ0v) is 13.0. The van der Waals surface area contributed by atoms with Crippen LogP contribution in [-0.2, 0) is 11.3 Å². The number of aliphatic hydroxyl groups is 1. The fourth-order valence-electron chi connectivity index (χ4n) is 2.89. The highest BCUT2D eigenvalue weighted by Crippen LogP contribution is 2.20. The number of carbonyl (C=O) groups is 1. The van der Waals surface area contributed by atoms with Gasteiger partial charge in [-0.05, 0) is 12.0 Å². The van der Waals surface area contributed by atoms with Crippen molar-refractivity contribution in [3.63, 3.8) is 0 Å². The van der Waals surface area contributed by atoms with Crippen LogP contribution >= 0.6 is 0 Å². The van der Waals surface area contributed by atoms with Crippen molar-refractivity contribution >= 4 is 5.91 Å². The monoisotopic (exact) mass is 314 g/mol. The van der Waals surface area contributed by atoms with E-state index in [0.717, 1.165) is 29.8 Å². The van der Waals surface area contributed by atoms with Crippen LogP contribution in [0.4, 0.5) is 0 Å². The number of carbonyl (C=O) groups excluding carboxylic acids is 1. The Morgan fingerprint density at radius 1 is 1.35 bits per heavy atom. The van der Waals surface area contributed by atoms with E-state index in [0.29, 0.717) is 26.1 Å². The largest absolute Gasteiger partial charge is 0.390 e. The number of aromatic amines is 1. The fourth-order valence-corrected chi connectivity index (χ4v) is 2.89. The second-order valence-electron chi connectivity index (χ2n) is 5.86. The van der Waals surface area contributed by atoms with Crippen molar-refractivity contribution in [3.8, 4) is 11.3 Å². The molecule has 1 fully saturated rings. The molecule has 3 rings (SSSR count). The third-order valence-corrected chi connectivity index (χ3v) is 4.08. The lowest BCUT2D eigenvalue weighted by molar-refractivity contribution is -0.128. The van der Waals surface area contributed by atoms with Crippen molar-refractivity contribution in [2.24, 2.45) is 0 Å². The molecule has 1 aliphatic rings. The van der Waals surface area contributed by atoms with Crippen molar-refractivity contribution in [1.82, 2.24) is 20.4 Å². The molecular formula is C17H22N4O2. The molecule has 0 spiro atoms. The third-order valence-electron chi connectivity index (χ3n) is 4.08. The molecular weight excluding hydrogens is 292 g/mol. The molecule has 2 aromatic rings. The number of hydrogen-bond acceptors (Lipinski definition) is 4. The number of nitrogens with one attached hydrogen (secondary N) is 2. The van der Waals surface area contributed by atoms with Gasteiger partial charge in [0, 0.05) is 38.2 Å². The predicted molar refractivity (Wildman–Crippen MR) is 87.6 cm³/mol. The maximum Gasteiger partial charge on any atom is 0.222 e. The Balaban J connectivity index is 1.49. The number of aliphatic hydroxyl groups excluding tert-OH is 1. The lowest BCUT2D eigenvalue weighted by atomic mass is 10.1. The second-order valence-corrected chi connectivity index (χ2v) is 5.86. The van der Waals surface area contributed by atoms with Gasteiger partial charge in [-0.1, -0.05) is 30.3 Å². The van der Waals surface area contributed by atoms with Crippen LogP contribution < -0.4 is 5.32 Å². The molecule has 0 aliphatic carbocycles. The molecule has 0 unspecified atom stereocenters. The summed E-state index contributed by atoms with van der Waals surface area (Å²) < 4.78 is 0. The van der Waals surface area contributed by atoms with E-state index < -0.39 is 6.10 Å². The van der Waals surface area contributed by atoms with E-state index in [-0.39, 0.29) is 5.91 Å². The van der Waals surface area contributed by atoms with Gasteiger partial charge in [0.25, 0.3) is 0 Å². The van der Waals surface area contributed by atoms with Gasteiger partial charge in [-0.25, -0.2) is 0 Å². The summed E-state index contributed by atoms with van der Waals surface area (Å²) in [6.45, 7) is 2.23. The summed E-state index contributed by atoms with van der Waals surface area (Å²) in [6.07, 6.45) is 2.75. The Morgan fingerprint density at radius 3 is 2.91 bits per heavy atom. The van der Waals surface area contributed by atoms with Gasteiger partial charge < -0.3 is 15.3 Å². The molecule has 0 radical (unpaired) electrons. The third kappa shape index (κ3) is 3.97. The van der Waals surface area contributed by atoms with Crippen LogP contribution in [0.3, 0.4) is 0 Å². The van der Waals surface area contributed by atoms with Crippen molar-refractivity contribution in [2.45, 2.75) is 25.5 Å². The van der Waals surface area contributed by atoms with Gasteiger partial charge in [-0.15, -0.1) is 0 Å². The quantitative estimate of drug-likeness (QED) is 0.716. The highest BCUT2D eigenvalue weighted by molar-refractivity contribution is 5.78. The number of hydrogen-bond donors (Lipinski definition) is 3. The van der Waals surface area contributed by atoms with E-state index in [9.17, 15) is 9.90 Å². The van der Waals surface area contributed by atoms with E-state index in [2.05, 4.69) is 15.5 Å². The van der Waals surface area contributed by atoms with Crippen LogP contribution in [0, 0.1) is 0 Å². The zero-order chi connectivity index (χ0) is 16.1. The normalized spacial score (nSPS) is 16.0. The minimum absolute atomic E-state index is 0.144. The minimum Gasteiger partial charge on any atom is -0.390 e. The summed E-state index contributed by atoms with van der Waals surface area (Å²) in [4.78, 5) is 13.3. The Labute approximate surface area is 135 Å². The average Bonchev–Trinajstić information content (AvgIpc) is 3.18. The molecule has 0 bridgehead atoms. The van der Waals surface area contributed by atoms with Crippen LogP contribution in [0.5, 0.6) is 0 Å². The molecule has 6 nitrogen and oxygen atoms in total.